The van der Waals surface area contributed by atoms with Crippen molar-refractivity contribution in [1.29, 1.82) is 0 Å². The van der Waals surface area contributed by atoms with Crippen molar-refractivity contribution in [3.05, 3.63) is 11.6 Å². The quantitative estimate of drug-likeness (QED) is 0.0440. The van der Waals surface area contributed by atoms with Gasteiger partial charge in [-0.05, 0) is 105 Å². The van der Waals surface area contributed by atoms with E-state index in [2.05, 4.69) is 51.3 Å². The van der Waals surface area contributed by atoms with Gasteiger partial charge in [-0.2, -0.15) is 0 Å². The number of fused-ring (bicyclic) bond motifs is 5. The highest BCUT2D eigenvalue weighted by molar-refractivity contribution is 8.00. The van der Waals surface area contributed by atoms with Gasteiger partial charge >= 0.3 is 0 Å². The number of carbonyl (C=O) groups is 2. The number of nitrogens with two attached hydrogens (primary N) is 1. The summed E-state index contributed by atoms with van der Waals surface area (Å²) in [6, 6.07) is -0.449. The third kappa shape index (κ3) is 25.7. The molecule has 18 heteroatoms. The van der Waals surface area contributed by atoms with Gasteiger partial charge in [-0.1, -0.05) is 65.5 Å². The van der Waals surface area contributed by atoms with Crippen molar-refractivity contribution in [3.8, 4) is 0 Å². The van der Waals surface area contributed by atoms with Crippen LogP contribution in [0.25, 0.3) is 0 Å². The lowest BCUT2D eigenvalue weighted by molar-refractivity contribution is -0.120. The number of likely N-dealkylation sites (N-methyl/N-ethyl adjacent to an activating group) is 1. The zero-order valence-corrected chi connectivity index (χ0v) is 48.4. The summed E-state index contributed by atoms with van der Waals surface area (Å²) in [5.41, 5.74) is 7.87. The molecule has 4 aliphatic carbocycles. The molecule has 0 aromatic rings. The van der Waals surface area contributed by atoms with Crippen molar-refractivity contribution in [3.63, 3.8) is 0 Å². The van der Waals surface area contributed by atoms with E-state index in [0.717, 1.165) is 41.9 Å². The van der Waals surface area contributed by atoms with E-state index in [9.17, 15) is 9.59 Å². The van der Waals surface area contributed by atoms with Crippen LogP contribution in [-0.2, 0) is 66.4 Å². The zero-order valence-electron chi connectivity index (χ0n) is 47.6. The smallest absolute Gasteiger partial charge is 0.235 e. The Balaban J connectivity index is 0.810. The highest BCUT2D eigenvalue weighted by atomic mass is 32.2. The van der Waals surface area contributed by atoms with Gasteiger partial charge in [-0.15, -0.1) is 11.8 Å². The summed E-state index contributed by atoms with van der Waals surface area (Å²) in [4.78, 5) is 23.0. The molecule has 3 saturated carbocycles. The Hall–Kier alpha value is -1.49. The lowest BCUT2D eigenvalue weighted by Gasteiger charge is -2.58. The topological polar surface area (TPSA) is 195 Å². The van der Waals surface area contributed by atoms with Crippen LogP contribution in [0.3, 0.4) is 0 Å². The monoisotopic (exact) mass is 1090 g/mol. The molecule has 0 bridgehead atoms. The normalized spacial score (nSPS) is 25.2. The third-order valence-electron chi connectivity index (χ3n) is 16.3. The van der Waals surface area contributed by atoms with Crippen LogP contribution in [0, 0.1) is 46.3 Å². The number of primary amides is 1. The van der Waals surface area contributed by atoms with Crippen molar-refractivity contribution in [2.45, 2.75) is 117 Å². The molecule has 0 heterocycles. The van der Waals surface area contributed by atoms with Crippen LogP contribution in [0.1, 0.15) is 105 Å². The van der Waals surface area contributed by atoms with Crippen LogP contribution in [-0.4, -0.2) is 201 Å². The van der Waals surface area contributed by atoms with Crippen molar-refractivity contribution in [1.82, 2.24) is 10.6 Å². The fraction of sp³-hybridized carbons (Fsp3) is 0.930. The lowest BCUT2D eigenvalue weighted by atomic mass is 9.47. The van der Waals surface area contributed by atoms with Crippen LogP contribution in [0.15, 0.2) is 11.6 Å². The van der Waals surface area contributed by atoms with Gasteiger partial charge in [0.15, 0.2) is 0 Å². The van der Waals surface area contributed by atoms with Crippen molar-refractivity contribution in [2.75, 3.05) is 177 Å². The number of hydrogen-bond acceptors (Lipinski definition) is 16. The second-order valence-electron chi connectivity index (χ2n) is 21.9. The van der Waals surface area contributed by atoms with Gasteiger partial charge in [0, 0.05) is 12.3 Å². The van der Waals surface area contributed by atoms with Crippen LogP contribution >= 0.6 is 11.8 Å². The maximum Gasteiger partial charge on any atom is 0.235 e. The zero-order chi connectivity index (χ0) is 53.8. The average molecular weight is 1090 g/mol. The largest absolute Gasteiger partial charge is 0.377 e. The molecule has 2 amide bonds. The first-order chi connectivity index (χ1) is 36.5. The van der Waals surface area contributed by atoms with Crippen LogP contribution < -0.4 is 16.4 Å². The summed E-state index contributed by atoms with van der Waals surface area (Å²) in [6.07, 6.45) is 17.8. The van der Waals surface area contributed by atoms with Gasteiger partial charge in [0.05, 0.1) is 170 Å². The highest BCUT2D eigenvalue weighted by Crippen LogP contribution is 2.67. The van der Waals surface area contributed by atoms with Crippen molar-refractivity contribution < 1.29 is 66.4 Å². The SMILES string of the molecule is CN[C@@H](CSCC(=O)NCCOCCOCCOCCOCCOCCOCCOCCOCCOCCOCCOCCOC1CCC2(C)C(=CCC3C2CCC2(C)C(C(C)CCCC(C)C)CCC32)C1)C(N)=O. The first kappa shape index (κ1) is 66.0. The summed E-state index contributed by atoms with van der Waals surface area (Å²) < 4.78 is 67.7. The Kier molecular flexibility index (Phi) is 35.0. The molecule has 4 rings (SSSR count). The van der Waals surface area contributed by atoms with E-state index in [4.69, 9.17) is 62.6 Å². The average Bonchev–Trinajstić information content (AvgIpc) is 3.76. The molecule has 0 aliphatic heterocycles. The van der Waals surface area contributed by atoms with Gasteiger partial charge in [-0.25, -0.2) is 0 Å². The van der Waals surface area contributed by atoms with Crippen LogP contribution in [0.4, 0.5) is 0 Å². The third-order valence-corrected chi connectivity index (χ3v) is 17.4. The number of rotatable bonds is 48. The molecule has 75 heavy (non-hydrogen) atoms. The highest BCUT2D eigenvalue weighted by Gasteiger charge is 2.59. The number of ether oxygens (including phenoxy) is 12. The Morgan fingerprint density at radius 2 is 1.11 bits per heavy atom. The number of allylic oxidation sites excluding steroid dienone is 1. The summed E-state index contributed by atoms with van der Waals surface area (Å²) >= 11 is 1.34. The van der Waals surface area contributed by atoms with E-state index in [1.165, 1.54) is 76.0 Å². The minimum absolute atomic E-state index is 0.115. The summed E-state index contributed by atoms with van der Waals surface area (Å²) in [7, 11) is 1.66. The fourth-order valence-electron chi connectivity index (χ4n) is 12.3. The maximum atomic E-state index is 11.8. The standard InChI is InChI=1S/C57H105N3O14S/c1-45(2)8-7-9-46(3)50-12-13-51-49-11-10-47-42-48(14-16-56(47,4)52(49)15-17-57(50,51)5)74-41-40-73-39-38-72-37-36-71-35-34-70-33-32-69-31-30-68-29-28-67-27-26-66-25-24-65-23-22-64-21-20-63-19-18-60-54(61)44-75-43-53(59-6)55(58)62/h10,45-46,48-53,59H,7-9,11-44H2,1-6H3,(H2,58,62)(H,60,61)/t46?,48?,49?,50?,51?,52?,53-,56?,57?/m0/s1. The molecular formula is C57H105N3O14S. The van der Waals surface area contributed by atoms with Crippen LogP contribution in [0.5, 0.6) is 0 Å². The van der Waals surface area contributed by atoms with E-state index in [1.807, 2.05) is 0 Å². The molecule has 8 unspecified atom stereocenters. The van der Waals surface area contributed by atoms with E-state index >= 15 is 0 Å². The number of amides is 2. The molecule has 0 saturated heterocycles. The van der Waals surface area contributed by atoms with Gasteiger partial charge in [0.25, 0.3) is 0 Å². The Bertz CT molecular complexity index is 1520. The molecular weight excluding hydrogens is 983 g/mol. The predicted molar refractivity (Wildman–Crippen MR) is 294 cm³/mol. The Morgan fingerprint density at radius 1 is 0.627 bits per heavy atom. The summed E-state index contributed by atoms with van der Waals surface area (Å²) in [6.45, 7) is 24.5. The lowest BCUT2D eigenvalue weighted by Crippen LogP contribution is -2.51. The summed E-state index contributed by atoms with van der Waals surface area (Å²) in [5.74, 6) is 5.39. The summed E-state index contributed by atoms with van der Waals surface area (Å²) in [5, 5.41) is 5.59. The van der Waals surface area contributed by atoms with Crippen molar-refractivity contribution >= 4 is 23.6 Å². The number of nitrogens with one attached hydrogen (secondary N) is 2. The molecule has 0 aromatic carbocycles. The number of thioether (sulfide) groups is 1. The number of hydrogen-bond donors (Lipinski definition) is 3. The molecule has 3 fully saturated rings. The van der Waals surface area contributed by atoms with Gasteiger partial charge < -0.3 is 73.2 Å². The van der Waals surface area contributed by atoms with Gasteiger partial charge in [-0.3, -0.25) is 9.59 Å². The van der Waals surface area contributed by atoms with Crippen LogP contribution in [0.2, 0.25) is 0 Å². The van der Waals surface area contributed by atoms with Gasteiger partial charge in [0.1, 0.15) is 0 Å². The Labute approximate surface area is 457 Å². The molecule has 0 aromatic heterocycles. The van der Waals surface area contributed by atoms with Crippen molar-refractivity contribution in [2.24, 2.45) is 52.1 Å². The molecule has 438 valence electrons. The minimum atomic E-state index is -0.449. The molecule has 4 aliphatic rings. The second kappa shape index (κ2) is 39.8. The molecule has 4 N–H and O–H groups in total. The predicted octanol–water partition coefficient (Wildman–Crippen LogP) is 6.52. The maximum absolute atomic E-state index is 11.8. The molecule has 9 atom stereocenters. The van der Waals surface area contributed by atoms with Gasteiger partial charge in [0.2, 0.25) is 11.8 Å². The molecule has 0 spiro atoms. The van der Waals surface area contributed by atoms with E-state index in [0.29, 0.717) is 181 Å². The van der Waals surface area contributed by atoms with E-state index in [1.54, 1.807) is 12.6 Å². The minimum Gasteiger partial charge on any atom is -0.377 e. The number of carbonyl (C=O) groups excluding carboxylic acids is 2. The molecule has 17 nitrogen and oxygen atoms in total. The first-order valence-corrected chi connectivity index (χ1v) is 30.1. The van der Waals surface area contributed by atoms with E-state index < -0.39 is 11.9 Å². The fourth-order valence-corrected chi connectivity index (χ4v) is 13.2. The Morgan fingerprint density at radius 3 is 1.57 bits per heavy atom. The second-order valence-corrected chi connectivity index (χ2v) is 22.9. The molecule has 0 radical (unpaired) electrons. The first-order valence-electron chi connectivity index (χ1n) is 29.0. The van der Waals surface area contributed by atoms with E-state index in [-0.39, 0.29) is 11.7 Å².